The minimum atomic E-state index is -1.50. The summed E-state index contributed by atoms with van der Waals surface area (Å²) >= 11 is 0. The van der Waals surface area contributed by atoms with Crippen molar-refractivity contribution in [1.82, 2.24) is 10.6 Å². The van der Waals surface area contributed by atoms with E-state index < -0.39 is 23.9 Å². The number of hydrogen-bond acceptors (Lipinski definition) is 6. The molecule has 8 heteroatoms. The lowest BCUT2D eigenvalue weighted by atomic mass is 10.2. The van der Waals surface area contributed by atoms with Crippen LogP contribution in [0.3, 0.4) is 0 Å². The van der Waals surface area contributed by atoms with Crippen LogP contribution in [0.4, 0.5) is 5.69 Å². The second-order valence-electron chi connectivity index (χ2n) is 3.91. The Hall–Kier alpha value is -2.90. The van der Waals surface area contributed by atoms with Crippen LogP contribution in [0.1, 0.15) is 6.92 Å². The van der Waals surface area contributed by atoms with Crippen molar-refractivity contribution in [2.45, 2.75) is 13.0 Å². The van der Waals surface area contributed by atoms with E-state index in [1.807, 2.05) is 6.07 Å². The monoisotopic (exact) mass is 276 g/mol. The topological polar surface area (TPSA) is 109 Å². The Labute approximate surface area is 114 Å². The fraction of sp³-hybridized carbons (Fsp3) is 0.167. The van der Waals surface area contributed by atoms with E-state index in [1.165, 1.54) is 0 Å². The molecule has 0 spiro atoms. The van der Waals surface area contributed by atoms with E-state index in [0.717, 1.165) is 6.92 Å². The third-order valence-electron chi connectivity index (χ3n) is 2.31. The number of anilines is 1. The molecule has 1 aromatic rings. The molecule has 1 aliphatic rings. The number of hydrazone groups is 1. The Morgan fingerprint density at radius 1 is 1.20 bits per heavy atom. The second kappa shape index (κ2) is 5.83. The predicted octanol–water partition coefficient (Wildman–Crippen LogP) is -0.453. The number of amides is 2. The highest BCUT2D eigenvalue weighted by Gasteiger charge is 2.35. The average molecular weight is 276 g/mol. The zero-order valence-corrected chi connectivity index (χ0v) is 10.5. The number of benzene rings is 1. The van der Waals surface area contributed by atoms with Gasteiger partial charge in [-0.1, -0.05) is 18.2 Å². The van der Waals surface area contributed by atoms with Crippen LogP contribution in [0.25, 0.3) is 0 Å². The molecule has 20 heavy (non-hydrogen) atoms. The van der Waals surface area contributed by atoms with E-state index in [2.05, 4.69) is 25.9 Å². The summed E-state index contributed by atoms with van der Waals surface area (Å²) in [4.78, 5) is 34.0. The standard InChI is InChI=1S/C12H12N4O4/c1-7(17)20-9-10(18)13-12(14-11(9)19)16-15-8-5-3-2-4-6-8/h2-6,9,15H,1H3,(H2,13,14,16,18,19). The maximum atomic E-state index is 11.6. The number of carbonyl (C=O) groups excluding carboxylic acids is 3. The number of esters is 1. The summed E-state index contributed by atoms with van der Waals surface area (Å²) in [6.45, 7) is 1.11. The molecule has 2 rings (SSSR count). The van der Waals surface area contributed by atoms with Gasteiger partial charge in [0.05, 0.1) is 5.69 Å². The maximum absolute atomic E-state index is 11.6. The van der Waals surface area contributed by atoms with Gasteiger partial charge in [-0.25, -0.2) is 0 Å². The second-order valence-corrected chi connectivity index (χ2v) is 3.91. The van der Waals surface area contributed by atoms with Crippen molar-refractivity contribution in [3.63, 3.8) is 0 Å². The van der Waals surface area contributed by atoms with Gasteiger partial charge in [-0.3, -0.25) is 30.4 Å². The molecule has 0 bridgehead atoms. The first-order valence-electron chi connectivity index (χ1n) is 5.74. The first kappa shape index (κ1) is 13.5. The minimum absolute atomic E-state index is 0.0627. The predicted molar refractivity (Wildman–Crippen MR) is 69.3 cm³/mol. The molecule has 0 radical (unpaired) electrons. The smallest absolute Gasteiger partial charge is 0.303 e. The molecule has 8 nitrogen and oxygen atoms in total. The van der Waals surface area contributed by atoms with Gasteiger partial charge in [0.2, 0.25) is 5.96 Å². The molecule has 104 valence electrons. The number of para-hydroxylation sites is 1. The Balaban J connectivity index is 2.01. The van der Waals surface area contributed by atoms with Crippen LogP contribution < -0.4 is 16.1 Å². The Bertz CT molecular complexity index is 550. The molecule has 0 saturated carbocycles. The van der Waals surface area contributed by atoms with E-state index in [4.69, 9.17) is 0 Å². The fourth-order valence-electron chi connectivity index (χ4n) is 1.48. The highest BCUT2D eigenvalue weighted by atomic mass is 16.6. The number of guanidine groups is 1. The normalized spacial score (nSPS) is 17.9. The summed E-state index contributed by atoms with van der Waals surface area (Å²) < 4.78 is 4.59. The van der Waals surface area contributed by atoms with Crippen LogP contribution in [0.5, 0.6) is 0 Å². The van der Waals surface area contributed by atoms with Crippen molar-refractivity contribution >= 4 is 29.4 Å². The molecule has 1 fully saturated rings. The fourth-order valence-corrected chi connectivity index (χ4v) is 1.48. The third-order valence-corrected chi connectivity index (χ3v) is 2.31. The first-order valence-corrected chi connectivity index (χ1v) is 5.74. The lowest BCUT2D eigenvalue weighted by Gasteiger charge is -2.22. The molecule has 1 heterocycles. The van der Waals surface area contributed by atoms with E-state index in [0.29, 0.717) is 5.69 Å². The van der Waals surface area contributed by atoms with Crippen LogP contribution in [-0.2, 0) is 19.1 Å². The highest BCUT2D eigenvalue weighted by molar-refractivity contribution is 6.20. The number of rotatable bonds is 3. The summed E-state index contributed by atoms with van der Waals surface area (Å²) in [5.41, 5.74) is 3.35. The maximum Gasteiger partial charge on any atom is 0.303 e. The molecular weight excluding hydrogens is 264 g/mol. The summed E-state index contributed by atoms with van der Waals surface area (Å²) in [5.74, 6) is -2.29. The number of ether oxygens (including phenoxy) is 1. The molecule has 0 atom stereocenters. The van der Waals surface area contributed by atoms with E-state index in [1.54, 1.807) is 24.3 Å². The van der Waals surface area contributed by atoms with Gasteiger partial charge in [-0.05, 0) is 12.1 Å². The van der Waals surface area contributed by atoms with Crippen LogP contribution in [-0.4, -0.2) is 29.8 Å². The van der Waals surface area contributed by atoms with E-state index >= 15 is 0 Å². The molecule has 1 aromatic carbocycles. The average Bonchev–Trinajstić information content (AvgIpc) is 2.41. The Kier molecular flexibility index (Phi) is 3.94. The van der Waals surface area contributed by atoms with Crippen LogP contribution >= 0.6 is 0 Å². The lowest BCUT2D eigenvalue weighted by molar-refractivity contribution is -0.160. The van der Waals surface area contributed by atoms with Crippen molar-refractivity contribution in [2.24, 2.45) is 5.10 Å². The van der Waals surface area contributed by atoms with E-state index in [9.17, 15) is 14.4 Å². The highest BCUT2D eigenvalue weighted by Crippen LogP contribution is 2.05. The van der Waals surface area contributed by atoms with Crippen LogP contribution in [0, 0.1) is 0 Å². The molecular formula is C12H12N4O4. The molecule has 0 unspecified atom stereocenters. The van der Waals surface area contributed by atoms with Crippen molar-refractivity contribution in [3.05, 3.63) is 30.3 Å². The van der Waals surface area contributed by atoms with Crippen molar-refractivity contribution in [3.8, 4) is 0 Å². The van der Waals surface area contributed by atoms with Crippen molar-refractivity contribution in [2.75, 3.05) is 5.43 Å². The lowest BCUT2D eigenvalue weighted by Crippen LogP contribution is -2.60. The van der Waals surface area contributed by atoms with Crippen molar-refractivity contribution < 1.29 is 19.1 Å². The summed E-state index contributed by atoms with van der Waals surface area (Å²) in [7, 11) is 0. The zero-order valence-electron chi connectivity index (χ0n) is 10.5. The van der Waals surface area contributed by atoms with Gasteiger partial charge in [0.1, 0.15) is 0 Å². The van der Waals surface area contributed by atoms with Gasteiger partial charge in [0.15, 0.2) is 0 Å². The Morgan fingerprint density at radius 2 is 1.80 bits per heavy atom. The molecule has 2 amide bonds. The number of nitrogens with zero attached hydrogens (tertiary/aromatic N) is 1. The third kappa shape index (κ3) is 3.31. The number of nitrogens with one attached hydrogen (secondary N) is 3. The van der Waals surface area contributed by atoms with Gasteiger partial charge >= 0.3 is 5.97 Å². The molecule has 0 aromatic heterocycles. The van der Waals surface area contributed by atoms with Gasteiger partial charge in [-0.15, -0.1) is 5.10 Å². The van der Waals surface area contributed by atoms with Crippen molar-refractivity contribution in [1.29, 1.82) is 0 Å². The minimum Gasteiger partial charge on any atom is -0.442 e. The summed E-state index contributed by atoms with van der Waals surface area (Å²) in [5, 5.41) is 8.45. The largest absolute Gasteiger partial charge is 0.442 e. The van der Waals surface area contributed by atoms with Gasteiger partial charge < -0.3 is 4.74 Å². The number of hydrogen-bond donors (Lipinski definition) is 3. The Morgan fingerprint density at radius 3 is 2.35 bits per heavy atom. The number of carbonyl (C=O) groups is 3. The summed E-state index contributed by atoms with van der Waals surface area (Å²) in [6.07, 6.45) is -1.50. The molecule has 3 N–H and O–H groups in total. The van der Waals surface area contributed by atoms with Gasteiger partial charge in [0.25, 0.3) is 17.9 Å². The molecule has 1 saturated heterocycles. The van der Waals surface area contributed by atoms with Crippen LogP contribution in [0.2, 0.25) is 0 Å². The van der Waals surface area contributed by atoms with Gasteiger partial charge in [0, 0.05) is 6.92 Å². The van der Waals surface area contributed by atoms with Crippen LogP contribution in [0.15, 0.2) is 35.4 Å². The quantitative estimate of drug-likeness (QED) is 0.393. The SMILES string of the molecule is CC(=O)OC1C(=O)NC(=NNc2ccccc2)NC1=O. The van der Waals surface area contributed by atoms with E-state index in [-0.39, 0.29) is 5.96 Å². The first-order chi connectivity index (χ1) is 9.56. The molecule has 0 aliphatic carbocycles. The summed E-state index contributed by atoms with van der Waals surface area (Å²) in [6, 6.07) is 8.97. The molecule has 1 aliphatic heterocycles. The van der Waals surface area contributed by atoms with Gasteiger partial charge in [-0.2, -0.15) is 0 Å². The zero-order chi connectivity index (χ0) is 14.5.